The van der Waals surface area contributed by atoms with Crippen LogP contribution in [0.2, 0.25) is 5.02 Å². The molecular formula is C16H13ClO4. The van der Waals surface area contributed by atoms with Crippen molar-refractivity contribution in [3.05, 3.63) is 58.6 Å². The van der Waals surface area contributed by atoms with Crippen LogP contribution in [-0.4, -0.2) is 23.7 Å². The first-order valence-corrected chi connectivity index (χ1v) is 6.71. The molecule has 0 radical (unpaired) electrons. The Morgan fingerprint density at radius 1 is 1.14 bits per heavy atom. The minimum Gasteiger partial charge on any atom is -0.478 e. The lowest BCUT2D eigenvalue weighted by Gasteiger charge is -2.09. The van der Waals surface area contributed by atoms with Gasteiger partial charge >= 0.3 is 11.9 Å². The van der Waals surface area contributed by atoms with E-state index in [1.807, 2.05) is 0 Å². The molecule has 0 aromatic heterocycles. The average molecular weight is 305 g/mol. The quantitative estimate of drug-likeness (QED) is 0.871. The van der Waals surface area contributed by atoms with Crippen molar-refractivity contribution in [1.82, 2.24) is 0 Å². The smallest absolute Gasteiger partial charge is 0.338 e. The van der Waals surface area contributed by atoms with Crippen LogP contribution in [0.25, 0.3) is 11.1 Å². The zero-order valence-electron chi connectivity index (χ0n) is 11.3. The van der Waals surface area contributed by atoms with Crippen LogP contribution in [-0.2, 0) is 4.74 Å². The maximum absolute atomic E-state index is 11.6. The molecule has 0 amide bonds. The zero-order chi connectivity index (χ0) is 15.4. The molecule has 0 bridgehead atoms. The van der Waals surface area contributed by atoms with Crippen LogP contribution in [0, 0.1) is 0 Å². The van der Waals surface area contributed by atoms with Gasteiger partial charge in [-0.3, -0.25) is 0 Å². The van der Waals surface area contributed by atoms with Crippen molar-refractivity contribution >= 4 is 23.5 Å². The third kappa shape index (κ3) is 3.23. The molecule has 21 heavy (non-hydrogen) atoms. The van der Waals surface area contributed by atoms with Crippen molar-refractivity contribution in [1.29, 1.82) is 0 Å². The summed E-state index contributed by atoms with van der Waals surface area (Å²) >= 11 is 5.94. The number of hydrogen-bond acceptors (Lipinski definition) is 3. The monoisotopic (exact) mass is 304 g/mol. The first kappa shape index (κ1) is 15.1. The molecule has 0 atom stereocenters. The van der Waals surface area contributed by atoms with E-state index >= 15 is 0 Å². The highest BCUT2D eigenvalue weighted by Crippen LogP contribution is 2.29. The summed E-state index contributed by atoms with van der Waals surface area (Å²) in [4.78, 5) is 22.9. The molecule has 1 N–H and O–H groups in total. The summed E-state index contributed by atoms with van der Waals surface area (Å²) < 4.78 is 4.90. The van der Waals surface area contributed by atoms with E-state index in [0.29, 0.717) is 23.3 Å². The van der Waals surface area contributed by atoms with Gasteiger partial charge in [0, 0.05) is 0 Å². The first-order valence-electron chi connectivity index (χ1n) is 6.34. The molecule has 5 heteroatoms. The number of hydrogen-bond donors (Lipinski definition) is 1. The molecule has 0 spiro atoms. The van der Waals surface area contributed by atoms with Gasteiger partial charge in [-0.05, 0) is 36.2 Å². The molecule has 2 rings (SSSR count). The predicted molar refractivity (Wildman–Crippen MR) is 79.8 cm³/mol. The van der Waals surface area contributed by atoms with E-state index < -0.39 is 11.9 Å². The van der Waals surface area contributed by atoms with E-state index in [1.165, 1.54) is 6.07 Å². The second-order valence-electron chi connectivity index (χ2n) is 4.27. The Kier molecular flexibility index (Phi) is 4.60. The summed E-state index contributed by atoms with van der Waals surface area (Å²) in [5.74, 6) is -1.50. The van der Waals surface area contributed by atoms with E-state index in [2.05, 4.69) is 0 Å². The van der Waals surface area contributed by atoms with E-state index in [0.717, 1.165) is 0 Å². The number of rotatable bonds is 4. The van der Waals surface area contributed by atoms with Crippen LogP contribution >= 0.6 is 11.6 Å². The number of benzene rings is 2. The highest BCUT2D eigenvalue weighted by atomic mass is 35.5. The molecule has 0 aliphatic carbocycles. The van der Waals surface area contributed by atoms with Crippen LogP contribution in [0.3, 0.4) is 0 Å². The molecule has 2 aromatic carbocycles. The maximum Gasteiger partial charge on any atom is 0.338 e. The van der Waals surface area contributed by atoms with E-state index in [1.54, 1.807) is 43.3 Å². The maximum atomic E-state index is 11.6. The lowest BCUT2D eigenvalue weighted by atomic mass is 9.98. The highest BCUT2D eigenvalue weighted by molar-refractivity contribution is 6.34. The topological polar surface area (TPSA) is 63.6 Å². The van der Waals surface area contributed by atoms with Crippen molar-refractivity contribution in [3.63, 3.8) is 0 Å². The fraction of sp³-hybridized carbons (Fsp3) is 0.125. The number of carboxylic acids is 1. The van der Waals surface area contributed by atoms with Gasteiger partial charge in [0.1, 0.15) is 0 Å². The largest absolute Gasteiger partial charge is 0.478 e. The van der Waals surface area contributed by atoms with Crippen molar-refractivity contribution in [2.75, 3.05) is 6.61 Å². The Balaban J connectivity index is 2.42. The van der Waals surface area contributed by atoms with Gasteiger partial charge in [0.25, 0.3) is 0 Å². The molecule has 0 saturated heterocycles. The fourth-order valence-corrected chi connectivity index (χ4v) is 2.24. The van der Waals surface area contributed by atoms with Gasteiger partial charge < -0.3 is 9.84 Å². The Morgan fingerprint density at radius 2 is 1.81 bits per heavy atom. The Morgan fingerprint density at radius 3 is 2.38 bits per heavy atom. The molecule has 108 valence electrons. The molecule has 2 aromatic rings. The molecule has 0 heterocycles. The highest BCUT2D eigenvalue weighted by Gasteiger charge is 2.16. The van der Waals surface area contributed by atoms with Crippen LogP contribution in [0.1, 0.15) is 27.6 Å². The number of ether oxygens (including phenoxy) is 1. The Labute approximate surface area is 126 Å². The number of aromatic carboxylic acids is 1. The Hall–Kier alpha value is -2.33. The van der Waals surface area contributed by atoms with E-state index in [9.17, 15) is 14.7 Å². The van der Waals surface area contributed by atoms with Gasteiger partial charge in [-0.1, -0.05) is 35.9 Å². The number of esters is 1. The summed E-state index contributed by atoms with van der Waals surface area (Å²) in [5, 5.41) is 9.44. The van der Waals surface area contributed by atoms with E-state index in [-0.39, 0.29) is 10.6 Å². The predicted octanol–water partition coefficient (Wildman–Crippen LogP) is 3.88. The third-order valence-electron chi connectivity index (χ3n) is 2.93. The van der Waals surface area contributed by atoms with Gasteiger partial charge in [0.2, 0.25) is 0 Å². The van der Waals surface area contributed by atoms with Crippen molar-refractivity contribution in [2.45, 2.75) is 6.92 Å². The van der Waals surface area contributed by atoms with Gasteiger partial charge in [-0.25, -0.2) is 9.59 Å². The summed E-state index contributed by atoms with van der Waals surface area (Å²) in [6.07, 6.45) is 0. The third-order valence-corrected chi connectivity index (χ3v) is 3.25. The standard InChI is InChI=1S/C16H13ClO4/c1-2-21-16(20)11-8-6-10(7-9-11)12-4-3-5-13(17)14(12)15(18)19/h3-9H,2H2,1H3,(H,18,19). The average Bonchev–Trinajstić information content (AvgIpc) is 2.47. The van der Waals surface area contributed by atoms with Crippen LogP contribution in [0.15, 0.2) is 42.5 Å². The molecule has 4 nitrogen and oxygen atoms in total. The second kappa shape index (κ2) is 6.41. The minimum atomic E-state index is -1.09. The number of carbonyl (C=O) groups excluding carboxylic acids is 1. The lowest BCUT2D eigenvalue weighted by Crippen LogP contribution is -2.04. The number of carboxylic acid groups (broad SMARTS) is 1. The molecular weight excluding hydrogens is 292 g/mol. The minimum absolute atomic E-state index is 0.0445. The summed E-state index contributed by atoms with van der Waals surface area (Å²) in [6.45, 7) is 2.04. The molecule has 0 saturated carbocycles. The number of halogens is 1. The SMILES string of the molecule is CCOC(=O)c1ccc(-c2cccc(Cl)c2C(=O)O)cc1. The summed E-state index contributed by atoms with van der Waals surface area (Å²) in [7, 11) is 0. The van der Waals surface area contributed by atoms with Crippen molar-refractivity contribution in [3.8, 4) is 11.1 Å². The normalized spacial score (nSPS) is 10.2. The van der Waals surface area contributed by atoms with Crippen molar-refractivity contribution in [2.24, 2.45) is 0 Å². The van der Waals surface area contributed by atoms with E-state index in [4.69, 9.17) is 16.3 Å². The van der Waals surface area contributed by atoms with Crippen molar-refractivity contribution < 1.29 is 19.4 Å². The van der Waals surface area contributed by atoms with Gasteiger partial charge in [-0.2, -0.15) is 0 Å². The fourth-order valence-electron chi connectivity index (χ4n) is 1.98. The molecule has 0 aliphatic heterocycles. The van der Waals surface area contributed by atoms with Crippen LogP contribution in [0.4, 0.5) is 0 Å². The summed E-state index contributed by atoms with van der Waals surface area (Å²) in [6, 6.07) is 11.4. The van der Waals surface area contributed by atoms with Crippen LogP contribution in [0.5, 0.6) is 0 Å². The van der Waals surface area contributed by atoms with Gasteiger partial charge in [-0.15, -0.1) is 0 Å². The molecule has 0 fully saturated rings. The lowest BCUT2D eigenvalue weighted by molar-refractivity contribution is 0.0525. The van der Waals surface area contributed by atoms with Gasteiger partial charge in [0.05, 0.1) is 22.8 Å². The molecule has 0 aliphatic rings. The first-order chi connectivity index (χ1) is 10.0. The molecule has 0 unspecified atom stereocenters. The van der Waals surface area contributed by atoms with Crippen LogP contribution < -0.4 is 0 Å². The second-order valence-corrected chi connectivity index (χ2v) is 4.67. The summed E-state index contributed by atoms with van der Waals surface area (Å²) in [5.41, 5.74) is 1.64. The van der Waals surface area contributed by atoms with Gasteiger partial charge in [0.15, 0.2) is 0 Å². The Bertz CT molecular complexity index is 677. The zero-order valence-corrected chi connectivity index (χ0v) is 12.1. The number of carbonyl (C=O) groups is 2.